The summed E-state index contributed by atoms with van der Waals surface area (Å²) in [6, 6.07) is 6.07. The van der Waals surface area contributed by atoms with Gasteiger partial charge in [-0.1, -0.05) is 37.9 Å². The Kier molecular flexibility index (Phi) is 4.49. The Morgan fingerprint density at radius 3 is 2.61 bits per heavy atom. The number of rotatable bonds is 4. The Balaban J connectivity index is 2.14. The van der Waals surface area contributed by atoms with E-state index in [-0.39, 0.29) is 11.4 Å². The van der Waals surface area contributed by atoms with Crippen LogP contribution in [0.4, 0.5) is 0 Å². The Morgan fingerprint density at radius 1 is 1.28 bits per heavy atom. The van der Waals surface area contributed by atoms with Crippen LogP contribution in [-0.4, -0.2) is 22.1 Å². The predicted octanol–water partition coefficient (Wildman–Crippen LogP) is 3.45. The Bertz CT molecular complexity index is 455. The normalized spacial score (nSPS) is 14.4. The summed E-state index contributed by atoms with van der Waals surface area (Å²) in [6.07, 6.45) is 3.46. The van der Waals surface area contributed by atoms with E-state index in [2.05, 4.69) is 43.2 Å². The number of aryl methyl sites for hydroxylation is 2. The summed E-state index contributed by atoms with van der Waals surface area (Å²) >= 11 is 6.88. The summed E-state index contributed by atoms with van der Waals surface area (Å²) in [4.78, 5) is 12.2. The molecule has 1 N–H and O–H groups in total. The minimum atomic E-state index is -0.254. The smallest absolute Gasteiger partial charge is 0.251 e. The first-order valence-electron chi connectivity index (χ1n) is 6.14. The molecule has 0 radical (unpaired) electrons. The van der Waals surface area contributed by atoms with Gasteiger partial charge in [0.25, 0.3) is 5.91 Å². The topological polar surface area (TPSA) is 29.1 Å². The number of alkyl halides is 2. The third-order valence-electron chi connectivity index (χ3n) is 3.37. The van der Waals surface area contributed by atoms with Crippen molar-refractivity contribution < 1.29 is 4.79 Å². The molecule has 0 heterocycles. The molecule has 2 nitrogen and oxygen atoms in total. The van der Waals surface area contributed by atoms with Crippen LogP contribution in [-0.2, 0) is 12.8 Å². The van der Waals surface area contributed by atoms with E-state index < -0.39 is 0 Å². The van der Waals surface area contributed by atoms with Crippen LogP contribution in [0.3, 0.4) is 0 Å². The summed E-state index contributed by atoms with van der Waals surface area (Å²) in [5, 5.41) is 4.52. The molecule has 0 atom stereocenters. The zero-order valence-electron chi connectivity index (χ0n) is 10.4. The van der Waals surface area contributed by atoms with Gasteiger partial charge in [0.1, 0.15) is 0 Å². The fourth-order valence-corrected chi connectivity index (χ4v) is 3.37. The molecule has 0 bridgehead atoms. The van der Waals surface area contributed by atoms with Gasteiger partial charge in [-0.25, -0.2) is 0 Å². The van der Waals surface area contributed by atoms with Crippen molar-refractivity contribution in [3.8, 4) is 0 Å². The third-order valence-corrected chi connectivity index (χ3v) is 5.84. The van der Waals surface area contributed by atoms with Crippen LogP contribution >= 0.6 is 31.9 Å². The highest BCUT2D eigenvalue weighted by molar-refractivity contribution is 9.09. The molecule has 4 heteroatoms. The van der Waals surface area contributed by atoms with Crippen molar-refractivity contribution in [1.82, 2.24) is 5.32 Å². The highest BCUT2D eigenvalue weighted by Crippen LogP contribution is 2.23. The molecule has 98 valence electrons. The van der Waals surface area contributed by atoms with Gasteiger partial charge in [-0.15, -0.1) is 0 Å². The molecule has 0 aliphatic heterocycles. The van der Waals surface area contributed by atoms with Gasteiger partial charge < -0.3 is 5.32 Å². The van der Waals surface area contributed by atoms with Crippen LogP contribution in [0.5, 0.6) is 0 Å². The van der Waals surface area contributed by atoms with E-state index in [4.69, 9.17) is 0 Å². The molecular weight excluding hydrogens is 358 g/mol. The first kappa shape index (κ1) is 14.1. The van der Waals surface area contributed by atoms with Gasteiger partial charge in [-0.3, -0.25) is 4.79 Å². The van der Waals surface area contributed by atoms with Gasteiger partial charge in [0.05, 0.1) is 5.54 Å². The fourth-order valence-electron chi connectivity index (χ4n) is 2.16. The van der Waals surface area contributed by atoms with E-state index in [9.17, 15) is 4.79 Å². The quantitative estimate of drug-likeness (QED) is 0.803. The minimum absolute atomic E-state index is 0.00565. The first-order chi connectivity index (χ1) is 8.58. The van der Waals surface area contributed by atoms with E-state index >= 15 is 0 Å². The molecule has 0 unspecified atom stereocenters. The van der Waals surface area contributed by atoms with Crippen LogP contribution in [0.1, 0.15) is 34.8 Å². The van der Waals surface area contributed by atoms with E-state index in [1.807, 2.05) is 19.1 Å². The largest absolute Gasteiger partial charge is 0.345 e. The van der Waals surface area contributed by atoms with Gasteiger partial charge in [0.2, 0.25) is 0 Å². The number of amides is 1. The maximum absolute atomic E-state index is 12.2. The Hall–Kier alpha value is -0.350. The zero-order chi connectivity index (χ0) is 13.2. The van der Waals surface area contributed by atoms with Crippen molar-refractivity contribution in [2.45, 2.75) is 31.7 Å². The van der Waals surface area contributed by atoms with Crippen LogP contribution < -0.4 is 5.32 Å². The molecule has 2 rings (SSSR count). The van der Waals surface area contributed by atoms with Gasteiger partial charge in [0.15, 0.2) is 0 Å². The number of carbonyl (C=O) groups is 1. The van der Waals surface area contributed by atoms with Crippen molar-refractivity contribution in [3.05, 3.63) is 34.9 Å². The predicted molar refractivity (Wildman–Crippen MR) is 81.9 cm³/mol. The van der Waals surface area contributed by atoms with Crippen LogP contribution in [0.25, 0.3) is 0 Å². The van der Waals surface area contributed by atoms with Gasteiger partial charge in [-0.2, -0.15) is 0 Å². The Morgan fingerprint density at radius 2 is 1.94 bits per heavy atom. The molecule has 0 spiro atoms. The van der Waals surface area contributed by atoms with Crippen molar-refractivity contribution in [2.24, 2.45) is 0 Å². The van der Waals surface area contributed by atoms with E-state index in [1.54, 1.807) is 0 Å². The molecule has 0 saturated carbocycles. The minimum Gasteiger partial charge on any atom is -0.345 e. The lowest BCUT2D eigenvalue weighted by Crippen LogP contribution is -2.48. The van der Waals surface area contributed by atoms with Crippen molar-refractivity contribution in [2.75, 3.05) is 10.7 Å². The van der Waals surface area contributed by atoms with Crippen molar-refractivity contribution in [1.29, 1.82) is 0 Å². The van der Waals surface area contributed by atoms with E-state index in [0.29, 0.717) is 0 Å². The standard InChI is InChI=1S/C14H17Br2NO/c1-14(8-15,9-16)17-13(18)12-6-5-10-3-2-4-11(10)7-12/h5-7H,2-4,8-9H2,1H3,(H,17,18). The van der Waals surface area contributed by atoms with Crippen LogP contribution in [0.15, 0.2) is 18.2 Å². The summed E-state index contributed by atoms with van der Waals surface area (Å²) in [7, 11) is 0. The van der Waals surface area contributed by atoms with Gasteiger partial charge in [0, 0.05) is 16.2 Å². The number of hydrogen-bond donors (Lipinski definition) is 1. The SMILES string of the molecule is CC(CBr)(CBr)NC(=O)c1ccc2c(c1)CCC2. The Labute approximate surface area is 125 Å². The molecule has 0 aromatic heterocycles. The molecule has 1 aliphatic rings. The molecule has 18 heavy (non-hydrogen) atoms. The number of halogens is 2. The monoisotopic (exact) mass is 373 g/mol. The van der Waals surface area contributed by atoms with Crippen LogP contribution in [0.2, 0.25) is 0 Å². The van der Waals surface area contributed by atoms with E-state index in [1.165, 1.54) is 17.5 Å². The number of nitrogens with one attached hydrogen (secondary N) is 1. The second-order valence-corrected chi connectivity index (χ2v) is 6.24. The lowest BCUT2D eigenvalue weighted by atomic mass is 10.0. The molecule has 1 aromatic rings. The lowest BCUT2D eigenvalue weighted by molar-refractivity contribution is 0.0923. The average Bonchev–Trinajstić information content (AvgIpc) is 2.85. The highest BCUT2D eigenvalue weighted by atomic mass is 79.9. The summed E-state index contributed by atoms with van der Waals surface area (Å²) in [5.41, 5.74) is 3.25. The number of fused-ring (bicyclic) bond motifs is 1. The van der Waals surface area contributed by atoms with Crippen LogP contribution in [0, 0.1) is 0 Å². The molecule has 1 aliphatic carbocycles. The summed E-state index contributed by atoms with van der Waals surface area (Å²) < 4.78 is 0. The lowest BCUT2D eigenvalue weighted by Gasteiger charge is -2.26. The maximum Gasteiger partial charge on any atom is 0.251 e. The number of carbonyl (C=O) groups excluding carboxylic acids is 1. The van der Waals surface area contributed by atoms with Gasteiger partial charge in [-0.05, 0) is 49.4 Å². The number of benzene rings is 1. The third kappa shape index (κ3) is 2.97. The summed E-state index contributed by atoms with van der Waals surface area (Å²) in [6.45, 7) is 2.02. The second kappa shape index (κ2) is 5.74. The van der Waals surface area contributed by atoms with E-state index in [0.717, 1.165) is 29.1 Å². The zero-order valence-corrected chi connectivity index (χ0v) is 13.6. The fraction of sp³-hybridized carbons (Fsp3) is 0.500. The second-order valence-electron chi connectivity index (χ2n) is 5.12. The maximum atomic E-state index is 12.2. The average molecular weight is 375 g/mol. The van der Waals surface area contributed by atoms with Gasteiger partial charge >= 0.3 is 0 Å². The molecule has 1 amide bonds. The molecule has 0 fully saturated rings. The van der Waals surface area contributed by atoms with Crippen molar-refractivity contribution >= 4 is 37.8 Å². The highest BCUT2D eigenvalue weighted by Gasteiger charge is 2.24. The van der Waals surface area contributed by atoms with Crippen molar-refractivity contribution in [3.63, 3.8) is 0 Å². The molecule has 1 aromatic carbocycles. The summed E-state index contributed by atoms with van der Waals surface area (Å²) in [5.74, 6) is 0.00565. The first-order valence-corrected chi connectivity index (χ1v) is 8.38. The molecular formula is C14H17Br2NO. The molecule has 0 saturated heterocycles. The number of hydrogen-bond acceptors (Lipinski definition) is 1.